The first-order valence-corrected chi connectivity index (χ1v) is 10.5. The first-order chi connectivity index (χ1) is 13.9. The number of thiocarbonyl (C=S) groups is 1. The molecule has 1 fully saturated rings. The first kappa shape index (κ1) is 19.7. The highest BCUT2D eigenvalue weighted by atomic mass is 32.2. The van der Waals surface area contributed by atoms with Crippen LogP contribution in [0.15, 0.2) is 41.3 Å². The van der Waals surface area contributed by atoms with Gasteiger partial charge in [0.1, 0.15) is 10.1 Å². The van der Waals surface area contributed by atoms with E-state index in [0.29, 0.717) is 21.5 Å². The van der Waals surface area contributed by atoms with E-state index in [9.17, 15) is 9.59 Å². The van der Waals surface area contributed by atoms with Crippen LogP contribution in [-0.2, 0) is 16.0 Å². The summed E-state index contributed by atoms with van der Waals surface area (Å²) in [5.74, 6) is 0.406. The predicted molar refractivity (Wildman–Crippen MR) is 120 cm³/mol. The molecule has 2 heterocycles. The molecule has 148 valence electrons. The van der Waals surface area contributed by atoms with Gasteiger partial charge in [-0.25, -0.2) is 0 Å². The van der Waals surface area contributed by atoms with Crippen molar-refractivity contribution in [1.82, 2.24) is 5.32 Å². The standard InChI is InChI=1S/C22H20N2O3S2/c1-13-7-14(2)9-16(8-13)5-6-24-17-10-15(3-4-18(17)27-12-20(24)25)11-19-21(26)23-22(28)29-19/h3-4,7-11H,5-6,12H2,1-2H3,(H,23,26,28)/b19-11-. The van der Waals surface area contributed by atoms with Gasteiger partial charge in [0.05, 0.1) is 10.6 Å². The lowest BCUT2D eigenvalue weighted by Gasteiger charge is -2.30. The molecule has 1 N–H and O–H groups in total. The monoisotopic (exact) mass is 424 g/mol. The van der Waals surface area contributed by atoms with Crippen LogP contribution in [0, 0.1) is 13.8 Å². The molecule has 5 nitrogen and oxygen atoms in total. The highest BCUT2D eigenvalue weighted by molar-refractivity contribution is 8.26. The molecule has 2 aliphatic heterocycles. The number of carbonyl (C=O) groups excluding carboxylic acids is 2. The van der Waals surface area contributed by atoms with E-state index in [2.05, 4.69) is 37.4 Å². The molecule has 0 aliphatic carbocycles. The minimum Gasteiger partial charge on any atom is -0.482 e. The summed E-state index contributed by atoms with van der Waals surface area (Å²) in [7, 11) is 0. The van der Waals surface area contributed by atoms with Crippen LogP contribution in [0.25, 0.3) is 6.08 Å². The molecule has 4 rings (SSSR count). The first-order valence-electron chi connectivity index (χ1n) is 9.28. The fourth-order valence-electron chi connectivity index (χ4n) is 3.58. The molecular formula is C22H20N2O3S2. The van der Waals surface area contributed by atoms with Gasteiger partial charge in [0, 0.05) is 6.54 Å². The van der Waals surface area contributed by atoms with Crippen molar-refractivity contribution in [3.8, 4) is 5.75 Å². The maximum absolute atomic E-state index is 12.6. The van der Waals surface area contributed by atoms with E-state index in [-0.39, 0.29) is 18.4 Å². The Bertz CT molecular complexity index is 1040. The zero-order valence-corrected chi connectivity index (χ0v) is 17.8. The second kappa shape index (κ2) is 8.00. The molecule has 2 aromatic rings. The van der Waals surface area contributed by atoms with Crippen LogP contribution in [0.5, 0.6) is 5.75 Å². The Labute approximate surface area is 179 Å². The second-order valence-electron chi connectivity index (χ2n) is 7.16. The Kier molecular flexibility index (Phi) is 5.43. The van der Waals surface area contributed by atoms with Gasteiger partial charge in [0.2, 0.25) is 0 Å². The molecule has 0 radical (unpaired) electrons. The average molecular weight is 425 g/mol. The number of ether oxygens (including phenoxy) is 1. The van der Waals surface area contributed by atoms with Crippen LogP contribution in [0.3, 0.4) is 0 Å². The number of benzene rings is 2. The largest absolute Gasteiger partial charge is 0.482 e. The van der Waals surface area contributed by atoms with Crippen molar-refractivity contribution in [1.29, 1.82) is 0 Å². The molecule has 0 aromatic heterocycles. The average Bonchev–Trinajstić information content (AvgIpc) is 2.97. The number of thioether (sulfide) groups is 1. The van der Waals surface area contributed by atoms with E-state index in [1.165, 1.54) is 28.5 Å². The van der Waals surface area contributed by atoms with E-state index in [4.69, 9.17) is 17.0 Å². The Balaban J connectivity index is 1.60. The van der Waals surface area contributed by atoms with Gasteiger partial charge in [0.15, 0.2) is 6.61 Å². The lowest BCUT2D eigenvalue weighted by Crippen LogP contribution is -2.40. The Morgan fingerprint density at radius 2 is 1.93 bits per heavy atom. The molecule has 0 spiro atoms. The number of anilines is 1. The van der Waals surface area contributed by atoms with E-state index in [0.717, 1.165) is 17.7 Å². The number of carbonyl (C=O) groups is 2. The number of hydrogen-bond acceptors (Lipinski definition) is 5. The summed E-state index contributed by atoms with van der Waals surface area (Å²) < 4.78 is 6.05. The van der Waals surface area contributed by atoms with Gasteiger partial charge in [-0.05, 0) is 49.6 Å². The maximum Gasteiger partial charge on any atom is 0.265 e. The molecule has 2 amide bonds. The molecular weight excluding hydrogens is 404 g/mol. The van der Waals surface area contributed by atoms with E-state index >= 15 is 0 Å². The van der Waals surface area contributed by atoms with Crippen molar-refractivity contribution in [3.05, 3.63) is 63.6 Å². The molecule has 2 aromatic carbocycles. The lowest BCUT2D eigenvalue weighted by molar-refractivity contribution is -0.121. The molecule has 0 saturated carbocycles. The van der Waals surface area contributed by atoms with Crippen molar-refractivity contribution in [3.63, 3.8) is 0 Å². The third kappa shape index (κ3) is 4.36. The maximum atomic E-state index is 12.6. The predicted octanol–water partition coefficient (Wildman–Crippen LogP) is 3.76. The van der Waals surface area contributed by atoms with Crippen LogP contribution in [-0.4, -0.2) is 29.3 Å². The van der Waals surface area contributed by atoms with E-state index < -0.39 is 0 Å². The Morgan fingerprint density at radius 3 is 2.62 bits per heavy atom. The highest BCUT2D eigenvalue weighted by Gasteiger charge is 2.26. The zero-order valence-electron chi connectivity index (χ0n) is 16.2. The van der Waals surface area contributed by atoms with Gasteiger partial charge in [-0.3, -0.25) is 9.59 Å². The van der Waals surface area contributed by atoms with Crippen LogP contribution in [0.1, 0.15) is 22.3 Å². The topological polar surface area (TPSA) is 58.6 Å². The quantitative estimate of drug-likeness (QED) is 0.598. The highest BCUT2D eigenvalue weighted by Crippen LogP contribution is 2.35. The summed E-state index contributed by atoms with van der Waals surface area (Å²) in [6.07, 6.45) is 2.53. The third-order valence-electron chi connectivity index (χ3n) is 4.77. The van der Waals surface area contributed by atoms with Gasteiger partial charge in [-0.1, -0.05) is 59.4 Å². The van der Waals surface area contributed by atoms with E-state index in [1.807, 2.05) is 18.2 Å². The third-order valence-corrected chi connectivity index (χ3v) is 5.93. The normalized spacial score (nSPS) is 17.4. The van der Waals surface area contributed by atoms with Gasteiger partial charge < -0.3 is 15.0 Å². The van der Waals surface area contributed by atoms with Crippen molar-refractivity contribution >= 4 is 51.9 Å². The second-order valence-corrected chi connectivity index (χ2v) is 8.88. The summed E-state index contributed by atoms with van der Waals surface area (Å²) in [6, 6.07) is 12.0. The molecule has 29 heavy (non-hydrogen) atoms. The molecule has 2 aliphatic rings. The van der Waals surface area contributed by atoms with Gasteiger partial charge in [-0.2, -0.15) is 0 Å². The summed E-state index contributed by atoms with van der Waals surface area (Å²) in [6.45, 7) is 4.76. The Morgan fingerprint density at radius 1 is 1.17 bits per heavy atom. The lowest BCUT2D eigenvalue weighted by atomic mass is 10.0. The summed E-state index contributed by atoms with van der Waals surface area (Å²) in [5, 5.41) is 2.61. The Hall–Kier alpha value is -2.64. The zero-order chi connectivity index (χ0) is 20.5. The summed E-state index contributed by atoms with van der Waals surface area (Å²) in [4.78, 5) is 26.8. The van der Waals surface area contributed by atoms with Crippen molar-refractivity contribution in [2.45, 2.75) is 20.3 Å². The van der Waals surface area contributed by atoms with Crippen LogP contribution < -0.4 is 15.0 Å². The number of aryl methyl sites for hydroxylation is 2. The van der Waals surface area contributed by atoms with Crippen molar-refractivity contribution in [2.75, 3.05) is 18.1 Å². The van der Waals surface area contributed by atoms with Crippen LogP contribution >= 0.6 is 24.0 Å². The summed E-state index contributed by atoms with van der Waals surface area (Å²) >= 11 is 6.27. The SMILES string of the molecule is Cc1cc(C)cc(CCN2C(=O)COc3ccc(/C=C4\SC(=S)NC4=O)cc32)c1. The van der Waals surface area contributed by atoms with Crippen LogP contribution in [0.4, 0.5) is 5.69 Å². The minimum absolute atomic E-state index is 0.0345. The van der Waals surface area contributed by atoms with Crippen molar-refractivity contribution < 1.29 is 14.3 Å². The number of rotatable bonds is 4. The molecule has 0 bridgehead atoms. The summed E-state index contributed by atoms with van der Waals surface area (Å²) in [5.41, 5.74) is 5.18. The van der Waals surface area contributed by atoms with Gasteiger partial charge in [-0.15, -0.1) is 0 Å². The molecule has 0 unspecified atom stereocenters. The number of fused-ring (bicyclic) bond motifs is 1. The molecule has 7 heteroatoms. The number of nitrogens with zero attached hydrogens (tertiary/aromatic N) is 1. The van der Waals surface area contributed by atoms with Gasteiger partial charge >= 0.3 is 0 Å². The van der Waals surface area contributed by atoms with Gasteiger partial charge in [0.25, 0.3) is 11.8 Å². The number of hydrogen-bond donors (Lipinski definition) is 1. The molecule has 0 atom stereocenters. The van der Waals surface area contributed by atoms with Crippen molar-refractivity contribution in [2.24, 2.45) is 0 Å². The number of nitrogens with one attached hydrogen (secondary N) is 1. The smallest absolute Gasteiger partial charge is 0.265 e. The molecule has 1 saturated heterocycles. The fourth-order valence-corrected chi connectivity index (χ4v) is 4.62. The fraction of sp³-hybridized carbons (Fsp3) is 0.227. The van der Waals surface area contributed by atoms with Crippen LogP contribution in [0.2, 0.25) is 0 Å². The number of amides is 2. The van der Waals surface area contributed by atoms with E-state index in [1.54, 1.807) is 11.0 Å². The minimum atomic E-state index is -0.197.